The standard InChI is InChI=1S/C15H17BrN2O/c1-11(19)15-8-7-13(9-17-15)18(2)10-12-5-3-4-6-14(12)16/h3-9,11,19H,10H2,1-2H3/t11-/m0/s1. The number of benzene rings is 1. The summed E-state index contributed by atoms with van der Waals surface area (Å²) < 4.78 is 1.11. The number of aliphatic hydroxyl groups is 1. The van der Waals surface area contributed by atoms with Gasteiger partial charge in [0.25, 0.3) is 0 Å². The van der Waals surface area contributed by atoms with Crippen LogP contribution >= 0.6 is 15.9 Å². The molecule has 2 aromatic rings. The fourth-order valence-corrected chi connectivity index (χ4v) is 2.25. The molecule has 0 unspecified atom stereocenters. The van der Waals surface area contributed by atoms with Gasteiger partial charge in [0.05, 0.1) is 23.7 Å². The van der Waals surface area contributed by atoms with E-state index in [0.717, 1.165) is 16.7 Å². The van der Waals surface area contributed by atoms with E-state index in [1.165, 1.54) is 5.56 Å². The molecule has 1 heterocycles. The first-order valence-corrected chi connectivity index (χ1v) is 6.96. The quantitative estimate of drug-likeness (QED) is 0.936. The van der Waals surface area contributed by atoms with Crippen LogP contribution in [0, 0.1) is 0 Å². The third-order valence-electron chi connectivity index (χ3n) is 3.00. The van der Waals surface area contributed by atoms with Crippen molar-refractivity contribution in [3.63, 3.8) is 0 Å². The number of halogens is 1. The van der Waals surface area contributed by atoms with Crippen LogP contribution in [0.3, 0.4) is 0 Å². The topological polar surface area (TPSA) is 36.4 Å². The highest BCUT2D eigenvalue weighted by atomic mass is 79.9. The Kier molecular flexibility index (Phi) is 4.56. The number of hydrogen-bond donors (Lipinski definition) is 1. The molecule has 0 saturated carbocycles. The lowest BCUT2D eigenvalue weighted by atomic mass is 10.2. The van der Waals surface area contributed by atoms with E-state index >= 15 is 0 Å². The number of anilines is 1. The van der Waals surface area contributed by atoms with Crippen LogP contribution in [0.4, 0.5) is 5.69 Å². The van der Waals surface area contributed by atoms with E-state index in [0.29, 0.717) is 5.69 Å². The first-order chi connectivity index (χ1) is 9.08. The van der Waals surface area contributed by atoms with Crippen LogP contribution in [0.15, 0.2) is 47.1 Å². The summed E-state index contributed by atoms with van der Waals surface area (Å²) in [4.78, 5) is 6.38. The first-order valence-electron chi connectivity index (χ1n) is 6.16. The van der Waals surface area contributed by atoms with Gasteiger partial charge in [-0.15, -0.1) is 0 Å². The highest BCUT2D eigenvalue weighted by molar-refractivity contribution is 9.10. The molecule has 0 amide bonds. The van der Waals surface area contributed by atoms with Gasteiger partial charge < -0.3 is 10.0 Å². The van der Waals surface area contributed by atoms with Crippen molar-refractivity contribution < 1.29 is 5.11 Å². The average molecular weight is 321 g/mol. The van der Waals surface area contributed by atoms with Gasteiger partial charge in [-0.25, -0.2) is 0 Å². The number of pyridine rings is 1. The van der Waals surface area contributed by atoms with Crippen molar-refractivity contribution in [2.45, 2.75) is 19.6 Å². The van der Waals surface area contributed by atoms with Crippen LogP contribution in [0.5, 0.6) is 0 Å². The van der Waals surface area contributed by atoms with Gasteiger partial charge in [0.2, 0.25) is 0 Å². The van der Waals surface area contributed by atoms with Crippen LogP contribution in [0.25, 0.3) is 0 Å². The third-order valence-corrected chi connectivity index (χ3v) is 3.78. The lowest BCUT2D eigenvalue weighted by Crippen LogP contribution is -2.17. The molecule has 1 N–H and O–H groups in total. The van der Waals surface area contributed by atoms with Crippen molar-refractivity contribution >= 4 is 21.6 Å². The zero-order valence-corrected chi connectivity index (χ0v) is 12.6. The van der Waals surface area contributed by atoms with E-state index in [2.05, 4.69) is 31.9 Å². The monoisotopic (exact) mass is 320 g/mol. The molecule has 1 aromatic carbocycles. The summed E-state index contributed by atoms with van der Waals surface area (Å²) >= 11 is 3.55. The van der Waals surface area contributed by atoms with Crippen LogP contribution in [0.2, 0.25) is 0 Å². The summed E-state index contributed by atoms with van der Waals surface area (Å²) in [6.07, 6.45) is 1.27. The molecule has 0 radical (unpaired) electrons. The minimum absolute atomic E-state index is 0.525. The van der Waals surface area contributed by atoms with Crippen molar-refractivity contribution in [2.24, 2.45) is 0 Å². The Balaban J connectivity index is 2.12. The second-order valence-corrected chi connectivity index (χ2v) is 5.42. The van der Waals surface area contributed by atoms with Gasteiger partial charge in [0.1, 0.15) is 0 Å². The van der Waals surface area contributed by atoms with Gasteiger partial charge in [-0.2, -0.15) is 0 Å². The Morgan fingerprint density at radius 3 is 2.58 bits per heavy atom. The van der Waals surface area contributed by atoms with Crippen LogP contribution in [-0.4, -0.2) is 17.1 Å². The first kappa shape index (κ1) is 14.0. The van der Waals surface area contributed by atoms with E-state index in [1.807, 2.05) is 37.4 Å². The van der Waals surface area contributed by atoms with Gasteiger partial charge >= 0.3 is 0 Å². The van der Waals surface area contributed by atoms with Crippen LogP contribution in [-0.2, 0) is 6.54 Å². The Hall–Kier alpha value is -1.39. The van der Waals surface area contributed by atoms with Crippen molar-refractivity contribution in [2.75, 3.05) is 11.9 Å². The van der Waals surface area contributed by atoms with E-state index < -0.39 is 6.10 Å². The SMILES string of the molecule is C[C@H](O)c1ccc(N(C)Cc2ccccc2Br)cn1. The maximum atomic E-state index is 9.44. The fourth-order valence-electron chi connectivity index (χ4n) is 1.84. The molecule has 0 aliphatic rings. The summed E-state index contributed by atoms with van der Waals surface area (Å²) in [7, 11) is 2.03. The van der Waals surface area contributed by atoms with E-state index in [9.17, 15) is 5.11 Å². The molecular weight excluding hydrogens is 304 g/mol. The van der Waals surface area contributed by atoms with Crippen molar-refractivity contribution in [3.05, 3.63) is 58.3 Å². The molecule has 100 valence electrons. The molecule has 2 rings (SSSR count). The molecule has 0 fully saturated rings. The van der Waals surface area contributed by atoms with Crippen LogP contribution in [0.1, 0.15) is 24.3 Å². The van der Waals surface area contributed by atoms with Gasteiger partial charge in [-0.05, 0) is 30.7 Å². The van der Waals surface area contributed by atoms with Gasteiger partial charge in [-0.1, -0.05) is 34.1 Å². The molecule has 0 bridgehead atoms. The Morgan fingerprint density at radius 1 is 1.26 bits per heavy atom. The summed E-state index contributed by atoms with van der Waals surface area (Å²) in [5, 5.41) is 9.44. The largest absolute Gasteiger partial charge is 0.387 e. The smallest absolute Gasteiger partial charge is 0.0931 e. The summed E-state index contributed by atoms with van der Waals surface area (Å²) in [5.74, 6) is 0. The number of aromatic nitrogens is 1. The van der Waals surface area contributed by atoms with E-state index in [4.69, 9.17) is 0 Å². The number of rotatable bonds is 4. The van der Waals surface area contributed by atoms with Crippen molar-refractivity contribution in [3.8, 4) is 0 Å². The molecule has 1 aromatic heterocycles. The van der Waals surface area contributed by atoms with E-state index in [1.54, 1.807) is 13.1 Å². The Labute approximate surface area is 122 Å². The third kappa shape index (κ3) is 3.55. The molecule has 1 atom stereocenters. The minimum Gasteiger partial charge on any atom is -0.387 e. The number of aliphatic hydroxyl groups excluding tert-OH is 1. The highest BCUT2D eigenvalue weighted by Gasteiger charge is 2.07. The molecule has 3 nitrogen and oxygen atoms in total. The van der Waals surface area contributed by atoms with Crippen molar-refractivity contribution in [1.29, 1.82) is 0 Å². The zero-order chi connectivity index (χ0) is 13.8. The summed E-state index contributed by atoms with van der Waals surface area (Å²) in [6, 6.07) is 12.0. The average Bonchev–Trinajstić information content (AvgIpc) is 2.41. The normalized spacial score (nSPS) is 12.2. The van der Waals surface area contributed by atoms with Crippen LogP contribution < -0.4 is 4.90 Å². The molecule has 0 saturated heterocycles. The highest BCUT2D eigenvalue weighted by Crippen LogP contribution is 2.21. The Morgan fingerprint density at radius 2 is 2.00 bits per heavy atom. The molecule has 0 spiro atoms. The predicted octanol–water partition coefficient (Wildman–Crippen LogP) is 3.53. The lowest BCUT2D eigenvalue weighted by molar-refractivity contribution is 0.194. The van der Waals surface area contributed by atoms with E-state index in [-0.39, 0.29) is 0 Å². The molecule has 0 aliphatic heterocycles. The second-order valence-electron chi connectivity index (χ2n) is 4.56. The van der Waals surface area contributed by atoms with Gasteiger partial charge in [-0.3, -0.25) is 4.98 Å². The molecule has 0 aliphatic carbocycles. The molecular formula is C15H17BrN2O. The lowest BCUT2D eigenvalue weighted by Gasteiger charge is -2.20. The van der Waals surface area contributed by atoms with Gasteiger partial charge in [0.15, 0.2) is 0 Å². The minimum atomic E-state index is -0.525. The predicted molar refractivity (Wildman–Crippen MR) is 81.1 cm³/mol. The molecule has 19 heavy (non-hydrogen) atoms. The molecule has 4 heteroatoms. The maximum Gasteiger partial charge on any atom is 0.0931 e. The second kappa shape index (κ2) is 6.17. The Bertz CT molecular complexity index is 540. The van der Waals surface area contributed by atoms with Gasteiger partial charge in [0, 0.05) is 18.1 Å². The van der Waals surface area contributed by atoms with Crippen molar-refractivity contribution in [1.82, 2.24) is 4.98 Å². The summed E-state index contributed by atoms with van der Waals surface area (Å²) in [5.41, 5.74) is 2.95. The maximum absolute atomic E-state index is 9.44. The fraction of sp³-hybridized carbons (Fsp3) is 0.267. The zero-order valence-electron chi connectivity index (χ0n) is 11.0. The number of hydrogen-bond acceptors (Lipinski definition) is 3. The number of nitrogens with zero attached hydrogens (tertiary/aromatic N) is 2. The summed E-state index contributed by atoms with van der Waals surface area (Å²) in [6.45, 7) is 2.52.